The van der Waals surface area contributed by atoms with Gasteiger partial charge in [0.25, 0.3) is 0 Å². The third-order valence-corrected chi connectivity index (χ3v) is 4.16. The SMILES string of the molecule is CCC1(CC)CNc2cc(F)c(Cl)cc2NC1. The Kier molecular flexibility index (Phi) is 3.48. The van der Waals surface area contributed by atoms with Crippen molar-refractivity contribution in [3.05, 3.63) is 23.0 Å². The number of fused-ring (bicyclic) bond motifs is 1. The maximum absolute atomic E-state index is 13.4. The molecule has 0 radical (unpaired) electrons. The van der Waals surface area contributed by atoms with E-state index in [1.165, 1.54) is 6.07 Å². The fourth-order valence-electron chi connectivity index (χ4n) is 2.22. The summed E-state index contributed by atoms with van der Waals surface area (Å²) >= 11 is 5.79. The topological polar surface area (TPSA) is 24.1 Å². The van der Waals surface area contributed by atoms with Gasteiger partial charge in [0.1, 0.15) is 5.82 Å². The molecule has 1 heterocycles. The Labute approximate surface area is 107 Å². The molecule has 1 aromatic rings. The first-order valence-electron chi connectivity index (χ1n) is 6.07. The average molecular weight is 257 g/mol. The van der Waals surface area contributed by atoms with Crippen LogP contribution in [0, 0.1) is 11.2 Å². The standard InChI is InChI=1S/C13H18ClFN2/c1-3-13(4-2)7-16-11-5-9(14)10(15)6-12(11)17-8-13/h5-6,16-17H,3-4,7-8H2,1-2H3. The van der Waals surface area contributed by atoms with Gasteiger partial charge in [-0.05, 0) is 18.9 Å². The Bertz CT molecular complexity index is 381. The van der Waals surface area contributed by atoms with Crippen molar-refractivity contribution in [3.63, 3.8) is 0 Å². The molecule has 1 aliphatic rings. The van der Waals surface area contributed by atoms with Gasteiger partial charge in [-0.3, -0.25) is 0 Å². The summed E-state index contributed by atoms with van der Waals surface area (Å²) in [5.41, 5.74) is 1.91. The third-order valence-electron chi connectivity index (χ3n) is 3.87. The zero-order chi connectivity index (χ0) is 12.5. The number of anilines is 2. The molecule has 1 aliphatic heterocycles. The van der Waals surface area contributed by atoms with Gasteiger partial charge in [0.2, 0.25) is 0 Å². The Balaban J connectivity index is 2.30. The van der Waals surface area contributed by atoms with Crippen LogP contribution in [-0.2, 0) is 0 Å². The first kappa shape index (κ1) is 12.5. The van der Waals surface area contributed by atoms with E-state index in [1.54, 1.807) is 6.07 Å². The van der Waals surface area contributed by atoms with Crippen molar-refractivity contribution in [2.75, 3.05) is 23.7 Å². The van der Waals surface area contributed by atoms with Gasteiger partial charge >= 0.3 is 0 Å². The van der Waals surface area contributed by atoms with Crippen molar-refractivity contribution in [1.29, 1.82) is 0 Å². The van der Waals surface area contributed by atoms with Crippen LogP contribution in [0.5, 0.6) is 0 Å². The van der Waals surface area contributed by atoms with E-state index in [0.29, 0.717) is 0 Å². The van der Waals surface area contributed by atoms with Crippen LogP contribution in [0.2, 0.25) is 5.02 Å². The molecule has 2 rings (SSSR count). The molecule has 1 aromatic carbocycles. The molecule has 2 N–H and O–H groups in total. The Hall–Kier alpha value is -0.960. The largest absolute Gasteiger partial charge is 0.383 e. The molecule has 0 saturated heterocycles. The number of benzene rings is 1. The Morgan fingerprint density at radius 2 is 1.71 bits per heavy atom. The molecule has 4 heteroatoms. The molecule has 0 bridgehead atoms. The van der Waals surface area contributed by atoms with Gasteiger partial charge in [0.05, 0.1) is 16.4 Å². The second kappa shape index (κ2) is 4.73. The highest BCUT2D eigenvalue weighted by atomic mass is 35.5. The second-order valence-corrected chi connectivity index (χ2v) is 5.13. The van der Waals surface area contributed by atoms with Crippen LogP contribution in [0.25, 0.3) is 0 Å². The Morgan fingerprint density at radius 3 is 2.24 bits per heavy atom. The number of hydrogen-bond donors (Lipinski definition) is 2. The zero-order valence-corrected chi connectivity index (χ0v) is 11.0. The molecule has 0 amide bonds. The van der Waals surface area contributed by atoms with Crippen molar-refractivity contribution in [3.8, 4) is 0 Å². The van der Waals surface area contributed by atoms with E-state index in [-0.39, 0.29) is 16.3 Å². The fourth-order valence-corrected chi connectivity index (χ4v) is 2.38. The van der Waals surface area contributed by atoms with E-state index in [0.717, 1.165) is 37.3 Å². The quantitative estimate of drug-likeness (QED) is 0.832. The van der Waals surface area contributed by atoms with E-state index < -0.39 is 0 Å². The summed E-state index contributed by atoms with van der Waals surface area (Å²) in [5, 5.41) is 6.86. The summed E-state index contributed by atoms with van der Waals surface area (Å²) in [6.07, 6.45) is 2.18. The van der Waals surface area contributed by atoms with Gasteiger partial charge in [-0.15, -0.1) is 0 Å². The molecule has 0 aromatic heterocycles. The van der Waals surface area contributed by atoms with Gasteiger partial charge in [0, 0.05) is 24.6 Å². The van der Waals surface area contributed by atoms with Crippen molar-refractivity contribution >= 4 is 23.0 Å². The first-order valence-corrected chi connectivity index (χ1v) is 6.45. The third kappa shape index (κ3) is 2.34. The lowest BCUT2D eigenvalue weighted by Gasteiger charge is -2.30. The predicted molar refractivity (Wildman–Crippen MR) is 71.4 cm³/mol. The highest BCUT2D eigenvalue weighted by Crippen LogP contribution is 2.35. The van der Waals surface area contributed by atoms with E-state index in [4.69, 9.17) is 11.6 Å². The molecular formula is C13H18ClFN2. The van der Waals surface area contributed by atoms with Gasteiger partial charge in [-0.2, -0.15) is 0 Å². The van der Waals surface area contributed by atoms with E-state index in [9.17, 15) is 4.39 Å². The molecule has 0 spiro atoms. The number of rotatable bonds is 2. The zero-order valence-electron chi connectivity index (χ0n) is 10.2. The summed E-state index contributed by atoms with van der Waals surface area (Å²) in [4.78, 5) is 0. The summed E-state index contributed by atoms with van der Waals surface area (Å²) < 4.78 is 13.4. The number of nitrogens with one attached hydrogen (secondary N) is 2. The average Bonchev–Trinajstić information content (AvgIpc) is 2.51. The van der Waals surface area contributed by atoms with Crippen molar-refractivity contribution in [1.82, 2.24) is 0 Å². The van der Waals surface area contributed by atoms with Crippen molar-refractivity contribution in [2.45, 2.75) is 26.7 Å². The summed E-state index contributed by atoms with van der Waals surface area (Å²) in [6, 6.07) is 3.12. The van der Waals surface area contributed by atoms with Crippen LogP contribution in [0.15, 0.2) is 12.1 Å². The van der Waals surface area contributed by atoms with Crippen LogP contribution in [0.1, 0.15) is 26.7 Å². The minimum absolute atomic E-state index is 0.165. The number of hydrogen-bond acceptors (Lipinski definition) is 2. The molecule has 0 aliphatic carbocycles. The van der Waals surface area contributed by atoms with Gasteiger partial charge in [-0.1, -0.05) is 25.4 Å². The van der Waals surface area contributed by atoms with E-state index in [1.807, 2.05) is 0 Å². The lowest BCUT2D eigenvalue weighted by Crippen LogP contribution is -2.33. The molecular weight excluding hydrogens is 239 g/mol. The smallest absolute Gasteiger partial charge is 0.143 e. The molecule has 17 heavy (non-hydrogen) atoms. The number of halogens is 2. The summed E-state index contributed by atoms with van der Waals surface area (Å²) in [7, 11) is 0. The van der Waals surface area contributed by atoms with Gasteiger partial charge < -0.3 is 10.6 Å². The minimum atomic E-state index is -0.375. The van der Waals surface area contributed by atoms with Gasteiger partial charge in [0.15, 0.2) is 0 Å². The van der Waals surface area contributed by atoms with Crippen LogP contribution in [0.3, 0.4) is 0 Å². The predicted octanol–water partition coefficient (Wildman–Crippen LogP) is 4.12. The minimum Gasteiger partial charge on any atom is -0.383 e. The molecule has 0 fully saturated rings. The second-order valence-electron chi connectivity index (χ2n) is 4.73. The molecule has 94 valence electrons. The van der Waals surface area contributed by atoms with Gasteiger partial charge in [-0.25, -0.2) is 4.39 Å². The van der Waals surface area contributed by atoms with Crippen molar-refractivity contribution < 1.29 is 4.39 Å². The van der Waals surface area contributed by atoms with Crippen LogP contribution >= 0.6 is 11.6 Å². The summed E-state index contributed by atoms with van der Waals surface area (Å²) in [5.74, 6) is -0.375. The first-order chi connectivity index (χ1) is 8.10. The monoisotopic (exact) mass is 256 g/mol. The lowest BCUT2D eigenvalue weighted by atomic mass is 9.82. The normalized spacial score (nSPS) is 17.6. The Morgan fingerprint density at radius 1 is 1.18 bits per heavy atom. The molecule has 2 nitrogen and oxygen atoms in total. The molecule has 0 saturated carbocycles. The maximum atomic E-state index is 13.4. The van der Waals surface area contributed by atoms with Crippen LogP contribution < -0.4 is 10.6 Å². The lowest BCUT2D eigenvalue weighted by molar-refractivity contribution is 0.307. The summed E-state index contributed by atoms with van der Waals surface area (Å²) in [6.45, 7) is 6.13. The fraction of sp³-hybridized carbons (Fsp3) is 0.538. The van der Waals surface area contributed by atoms with E-state index >= 15 is 0 Å². The van der Waals surface area contributed by atoms with Crippen LogP contribution in [0.4, 0.5) is 15.8 Å². The van der Waals surface area contributed by atoms with Crippen LogP contribution in [-0.4, -0.2) is 13.1 Å². The van der Waals surface area contributed by atoms with E-state index in [2.05, 4.69) is 24.5 Å². The highest BCUT2D eigenvalue weighted by Gasteiger charge is 2.29. The molecule has 0 unspecified atom stereocenters. The molecule has 0 atom stereocenters. The van der Waals surface area contributed by atoms with Crippen molar-refractivity contribution in [2.24, 2.45) is 5.41 Å². The maximum Gasteiger partial charge on any atom is 0.143 e. The highest BCUT2D eigenvalue weighted by molar-refractivity contribution is 6.31.